The topological polar surface area (TPSA) is 217 Å². The van der Waals surface area contributed by atoms with Gasteiger partial charge in [-0.15, -0.1) is 0 Å². The predicted molar refractivity (Wildman–Crippen MR) is 114 cm³/mol. The summed E-state index contributed by atoms with van der Waals surface area (Å²) in [7, 11) is 1.34. The van der Waals surface area contributed by atoms with Crippen LogP contribution in [0.15, 0.2) is 39.5 Å². The second kappa shape index (κ2) is 9.05. The maximum absolute atomic E-state index is 12.7. The number of hydrogen-bond donors (Lipinski definition) is 7. The number of aliphatic hydroxyl groups is 4. The molecule has 0 aliphatic carbocycles. The first-order valence-corrected chi connectivity index (χ1v) is 10.0. The van der Waals surface area contributed by atoms with Gasteiger partial charge in [0.05, 0.1) is 7.11 Å². The molecule has 2 aromatic carbocycles. The number of methoxy groups -OCH3 is 1. The van der Waals surface area contributed by atoms with Gasteiger partial charge in [-0.1, -0.05) is 0 Å². The van der Waals surface area contributed by atoms with Crippen LogP contribution in [-0.2, 0) is 9.53 Å². The molecule has 4 rings (SSSR count). The predicted octanol–water partition coefficient (Wildman–Crippen LogP) is -0.709. The molecule has 2 heterocycles. The summed E-state index contributed by atoms with van der Waals surface area (Å²) >= 11 is 0. The molecule has 1 aliphatic rings. The van der Waals surface area contributed by atoms with Gasteiger partial charge in [0.25, 0.3) is 0 Å². The molecule has 1 aromatic heterocycles. The number of aliphatic hydroxyl groups excluding tert-OH is 4. The van der Waals surface area contributed by atoms with Gasteiger partial charge in [0.1, 0.15) is 35.2 Å². The van der Waals surface area contributed by atoms with Gasteiger partial charge in [-0.25, -0.2) is 4.79 Å². The molecule has 5 atom stereocenters. The molecular formula is C22H20O13. The molecule has 186 valence electrons. The van der Waals surface area contributed by atoms with Crippen LogP contribution >= 0.6 is 0 Å². The van der Waals surface area contributed by atoms with Gasteiger partial charge >= 0.3 is 5.97 Å². The van der Waals surface area contributed by atoms with Crippen molar-refractivity contribution in [1.29, 1.82) is 0 Å². The summed E-state index contributed by atoms with van der Waals surface area (Å²) in [6.45, 7) is 0. The van der Waals surface area contributed by atoms with E-state index < -0.39 is 70.3 Å². The minimum absolute atomic E-state index is 0.141. The molecule has 13 nitrogen and oxygen atoms in total. The Morgan fingerprint density at radius 3 is 2.29 bits per heavy atom. The van der Waals surface area contributed by atoms with Crippen LogP contribution in [0.4, 0.5) is 0 Å². The van der Waals surface area contributed by atoms with Gasteiger partial charge in [0.2, 0.25) is 5.75 Å². The Hall–Kier alpha value is -3.88. The van der Waals surface area contributed by atoms with E-state index in [1.54, 1.807) is 0 Å². The van der Waals surface area contributed by atoms with Crippen LogP contribution in [0.2, 0.25) is 0 Å². The lowest BCUT2D eigenvalue weighted by atomic mass is 9.99. The largest absolute Gasteiger partial charge is 0.507 e. The first-order valence-electron chi connectivity index (χ1n) is 10.0. The van der Waals surface area contributed by atoms with Crippen molar-refractivity contribution < 1.29 is 59.2 Å². The Bertz CT molecular complexity index is 1350. The Morgan fingerprint density at radius 2 is 1.63 bits per heavy atom. The number of esters is 1. The van der Waals surface area contributed by atoms with Crippen LogP contribution in [0.25, 0.3) is 22.3 Å². The normalized spacial score (nSPS) is 24.3. The lowest BCUT2D eigenvalue weighted by Crippen LogP contribution is -2.60. The third-order valence-electron chi connectivity index (χ3n) is 5.40. The molecular weight excluding hydrogens is 472 g/mol. The Kier molecular flexibility index (Phi) is 6.27. The quantitative estimate of drug-likeness (QED) is 0.177. The summed E-state index contributed by atoms with van der Waals surface area (Å²) < 4.78 is 20.5. The van der Waals surface area contributed by atoms with E-state index in [1.807, 2.05) is 0 Å². The third kappa shape index (κ3) is 4.22. The van der Waals surface area contributed by atoms with Gasteiger partial charge in [-0.05, 0) is 18.2 Å². The van der Waals surface area contributed by atoms with E-state index in [1.165, 1.54) is 25.3 Å². The van der Waals surface area contributed by atoms with Crippen LogP contribution in [0.3, 0.4) is 0 Å². The zero-order valence-corrected chi connectivity index (χ0v) is 17.9. The molecule has 1 fully saturated rings. The summed E-state index contributed by atoms with van der Waals surface area (Å²) in [5.74, 6) is -4.00. The van der Waals surface area contributed by atoms with Crippen LogP contribution in [-0.4, -0.2) is 79.5 Å². The molecule has 0 bridgehead atoms. The summed E-state index contributed by atoms with van der Waals surface area (Å²) in [6.07, 6.45) is -9.92. The molecule has 13 heteroatoms. The van der Waals surface area contributed by atoms with E-state index in [2.05, 4.69) is 0 Å². The van der Waals surface area contributed by atoms with Crippen LogP contribution in [0.5, 0.6) is 28.7 Å². The molecule has 3 aromatic rings. The number of aromatic hydroxyl groups is 3. The number of rotatable bonds is 4. The molecule has 7 N–H and O–H groups in total. The smallest absolute Gasteiger partial charge is 0.343 e. The van der Waals surface area contributed by atoms with Crippen molar-refractivity contribution in [3.05, 3.63) is 40.6 Å². The van der Waals surface area contributed by atoms with E-state index in [0.29, 0.717) is 6.07 Å². The van der Waals surface area contributed by atoms with Crippen LogP contribution in [0.1, 0.15) is 0 Å². The van der Waals surface area contributed by atoms with E-state index in [4.69, 9.17) is 18.6 Å². The lowest BCUT2D eigenvalue weighted by molar-refractivity contribution is -0.279. The highest BCUT2D eigenvalue weighted by molar-refractivity contribution is 5.94. The van der Waals surface area contributed by atoms with Gasteiger partial charge in [0, 0.05) is 17.7 Å². The van der Waals surface area contributed by atoms with Crippen LogP contribution in [0, 0.1) is 0 Å². The maximum atomic E-state index is 12.7. The fourth-order valence-electron chi connectivity index (χ4n) is 3.58. The first kappa shape index (κ1) is 24.3. The zero-order valence-electron chi connectivity index (χ0n) is 17.9. The molecule has 1 saturated heterocycles. The number of hydrogen-bond acceptors (Lipinski definition) is 13. The molecule has 0 spiro atoms. The fourth-order valence-corrected chi connectivity index (χ4v) is 3.58. The van der Waals surface area contributed by atoms with Crippen molar-refractivity contribution in [1.82, 2.24) is 0 Å². The number of carbonyl (C=O) groups excluding carboxylic acids is 1. The highest BCUT2D eigenvalue weighted by Gasteiger charge is 2.47. The Labute approximate surface area is 195 Å². The average Bonchev–Trinajstić information content (AvgIpc) is 2.81. The number of phenols is 3. The number of ether oxygens (including phenoxy) is 3. The summed E-state index contributed by atoms with van der Waals surface area (Å²) in [6, 6.07) is 5.76. The van der Waals surface area contributed by atoms with E-state index in [-0.39, 0.29) is 22.8 Å². The zero-order chi connectivity index (χ0) is 25.6. The molecule has 0 amide bonds. The minimum atomic E-state index is -2.04. The summed E-state index contributed by atoms with van der Waals surface area (Å²) in [4.78, 5) is 25.4. The van der Waals surface area contributed by atoms with Crippen molar-refractivity contribution in [3.8, 4) is 40.1 Å². The highest BCUT2D eigenvalue weighted by Crippen LogP contribution is 2.41. The van der Waals surface area contributed by atoms with Gasteiger partial charge in [0.15, 0.2) is 40.7 Å². The fraction of sp³-hybridized carbons (Fsp3) is 0.273. The monoisotopic (exact) mass is 492 g/mol. The third-order valence-corrected chi connectivity index (χ3v) is 5.40. The average molecular weight is 492 g/mol. The van der Waals surface area contributed by atoms with Crippen LogP contribution < -0.4 is 14.9 Å². The molecule has 0 saturated carbocycles. The Morgan fingerprint density at radius 1 is 0.914 bits per heavy atom. The van der Waals surface area contributed by atoms with Crippen molar-refractivity contribution in [2.24, 2.45) is 0 Å². The number of benzene rings is 2. The lowest BCUT2D eigenvalue weighted by Gasteiger charge is -2.36. The summed E-state index contributed by atoms with van der Waals surface area (Å²) in [5.41, 5.74) is -1.18. The van der Waals surface area contributed by atoms with Crippen molar-refractivity contribution in [3.63, 3.8) is 0 Å². The van der Waals surface area contributed by atoms with Gasteiger partial charge < -0.3 is 54.4 Å². The number of phenolic OH excluding ortho intramolecular Hbond substituents is 3. The molecule has 0 radical (unpaired) electrons. The molecule has 1 aliphatic heterocycles. The summed E-state index contributed by atoms with van der Waals surface area (Å²) in [5, 5.41) is 69.1. The molecule has 5 unspecified atom stereocenters. The van der Waals surface area contributed by atoms with Crippen molar-refractivity contribution >= 4 is 16.9 Å². The highest BCUT2D eigenvalue weighted by atomic mass is 16.7. The minimum Gasteiger partial charge on any atom is -0.507 e. The van der Waals surface area contributed by atoms with Crippen molar-refractivity contribution in [2.75, 3.05) is 7.11 Å². The standard InChI is InChI=1S/C22H20O13/c1-32-12-3-2-7(4-8(12)23)13-6-10(25)14-9(24)5-11(26)18(19(14)33-13)34-22(31)20-16(28)15(27)17(29)21(30)35-20/h2-6,15-17,20-21,23-24,26-30H,1H3. The second-order valence-electron chi connectivity index (χ2n) is 7.65. The maximum Gasteiger partial charge on any atom is 0.343 e. The van der Waals surface area contributed by atoms with Gasteiger partial charge in [-0.3, -0.25) is 4.79 Å². The first-order chi connectivity index (χ1) is 16.5. The van der Waals surface area contributed by atoms with E-state index >= 15 is 0 Å². The van der Waals surface area contributed by atoms with Gasteiger partial charge in [-0.2, -0.15) is 0 Å². The Balaban J connectivity index is 1.80. The second-order valence-corrected chi connectivity index (χ2v) is 7.65. The molecule has 35 heavy (non-hydrogen) atoms. The number of carbonyl (C=O) groups is 1. The van der Waals surface area contributed by atoms with E-state index in [9.17, 15) is 45.3 Å². The SMILES string of the molecule is COc1ccc(-c2cc(=O)c3c(O)cc(O)c(OC(=O)C4OC(O)C(O)C(O)C4O)c3o2)cc1O. The number of fused-ring (bicyclic) bond motifs is 1. The van der Waals surface area contributed by atoms with Crippen molar-refractivity contribution in [2.45, 2.75) is 30.7 Å². The van der Waals surface area contributed by atoms with E-state index in [0.717, 1.165) is 6.07 Å².